The summed E-state index contributed by atoms with van der Waals surface area (Å²) in [4.78, 5) is 28.1. The zero-order valence-corrected chi connectivity index (χ0v) is 23.0. The molecule has 37 heavy (non-hydrogen) atoms. The number of benzene rings is 2. The molecule has 3 rings (SSSR count). The van der Waals surface area contributed by atoms with Gasteiger partial charge in [0.2, 0.25) is 0 Å². The molecule has 0 unspecified atom stereocenters. The highest BCUT2D eigenvalue weighted by Crippen LogP contribution is 2.19. The standard InChI is InChI=1S/C31H45N3O3/c1-5-34-16-8-6-7-11-23(4)17-28(33-30(36)26-14-10-15-27(19-26)31(34)37)29(35)21-32-20-24-12-9-13-25(18-24)22(2)3/h9-10,12-15,18-19,22-23,28-29,32,35H,5-8,11,16-17,20-21H2,1-4H3,(H,33,36)/t23-,28+,29-/m1/s1. The van der Waals surface area contributed by atoms with Crippen molar-refractivity contribution in [1.29, 1.82) is 0 Å². The lowest BCUT2D eigenvalue weighted by atomic mass is 9.92. The molecule has 3 N–H and O–H groups in total. The monoisotopic (exact) mass is 507 g/mol. The number of rotatable bonds is 7. The van der Waals surface area contributed by atoms with E-state index < -0.39 is 6.10 Å². The molecule has 6 heteroatoms. The Morgan fingerprint density at radius 1 is 1.05 bits per heavy atom. The van der Waals surface area contributed by atoms with Gasteiger partial charge in [-0.1, -0.05) is 70.4 Å². The normalized spacial score (nSPS) is 20.8. The van der Waals surface area contributed by atoms with Crippen LogP contribution in [0.15, 0.2) is 48.5 Å². The highest BCUT2D eigenvalue weighted by molar-refractivity contribution is 5.99. The van der Waals surface area contributed by atoms with Gasteiger partial charge in [0.1, 0.15) is 0 Å². The van der Waals surface area contributed by atoms with Gasteiger partial charge in [0, 0.05) is 37.3 Å². The second kappa shape index (κ2) is 14.3. The largest absolute Gasteiger partial charge is 0.390 e. The lowest BCUT2D eigenvalue weighted by Gasteiger charge is -2.27. The van der Waals surface area contributed by atoms with E-state index in [1.54, 1.807) is 24.3 Å². The molecular formula is C31H45N3O3. The summed E-state index contributed by atoms with van der Waals surface area (Å²) in [5, 5.41) is 17.6. The van der Waals surface area contributed by atoms with Gasteiger partial charge in [0.05, 0.1) is 12.1 Å². The van der Waals surface area contributed by atoms with Gasteiger partial charge in [0.25, 0.3) is 11.8 Å². The smallest absolute Gasteiger partial charge is 0.253 e. The van der Waals surface area contributed by atoms with Gasteiger partial charge in [-0.3, -0.25) is 9.59 Å². The van der Waals surface area contributed by atoms with Crippen molar-refractivity contribution in [2.75, 3.05) is 19.6 Å². The molecule has 0 saturated carbocycles. The number of hydrogen-bond donors (Lipinski definition) is 3. The van der Waals surface area contributed by atoms with Gasteiger partial charge in [0.15, 0.2) is 0 Å². The zero-order chi connectivity index (χ0) is 26.8. The Bertz CT molecular complexity index is 1020. The van der Waals surface area contributed by atoms with Crippen LogP contribution in [0.2, 0.25) is 0 Å². The second-order valence-corrected chi connectivity index (χ2v) is 10.8. The van der Waals surface area contributed by atoms with Crippen LogP contribution in [0.3, 0.4) is 0 Å². The van der Waals surface area contributed by atoms with Gasteiger partial charge in [-0.15, -0.1) is 0 Å². The summed E-state index contributed by atoms with van der Waals surface area (Å²) >= 11 is 0. The Morgan fingerprint density at radius 3 is 2.57 bits per heavy atom. The fourth-order valence-electron chi connectivity index (χ4n) is 5.04. The minimum atomic E-state index is -0.726. The lowest BCUT2D eigenvalue weighted by molar-refractivity contribution is 0.0761. The molecule has 2 bridgehead atoms. The molecule has 0 saturated heterocycles. The summed E-state index contributed by atoms with van der Waals surface area (Å²) in [6.07, 6.45) is 4.11. The van der Waals surface area contributed by atoms with Gasteiger partial charge in [-0.05, 0) is 60.9 Å². The quantitative estimate of drug-likeness (QED) is 0.486. The summed E-state index contributed by atoms with van der Waals surface area (Å²) in [5.41, 5.74) is 3.45. The molecule has 1 heterocycles. The number of nitrogens with one attached hydrogen (secondary N) is 2. The third kappa shape index (κ3) is 8.68. The van der Waals surface area contributed by atoms with Gasteiger partial charge >= 0.3 is 0 Å². The molecule has 0 fully saturated rings. The number of amides is 2. The topological polar surface area (TPSA) is 81.7 Å². The van der Waals surface area contributed by atoms with Crippen LogP contribution in [0, 0.1) is 5.92 Å². The van der Waals surface area contributed by atoms with Crippen molar-refractivity contribution in [2.24, 2.45) is 5.92 Å². The maximum atomic E-state index is 13.2. The first-order valence-electron chi connectivity index (χ1n) is 14.0. The van der Waals surface area contributed by atoms with Crippen LogP contribution < -0.4 is 10.6 Å². The van der Waals surface area contributed by atoms with Crippen molar-refractivity contribution in [3.63, 3.8) is 0 Å². The van der Waals surface area contributed by atoms with Crippen molar-refractivity contribution < 1.29 is 14.7 Å². The summed E-state index contributed by atoms with van der Waals surface area (Å²) < 4.78 is 0. The predicted molar refractivity (Wildman–Crippen MR) is 150 cm³/mol. The highest BCUT2D eigenvalue weighted by atomic mass is 16.3. The number of fused-ring (bicyclic) bond motifs is 2. The number of aliphatic hydroxyl groups excluding tert-OH is 1. The minimum absolute atomic E-state index is 0.0392. The Labute approximate surface area is 222 Å². The van der Waals surface area contributed by atoms with E-state index in [0.717, 1.165) is 32.2 Å². The van der Waals surface area contributed by atoms with Crippen molar-refractivity contribution in [3.8, 4) is 0 Å². The molecule has 0 aromatic heterocycles. The van der Waals surface area contributed by atoms with E-state index in [0.29, 0.717) is 49.0 Å². The van der Waals surface area contributed by atoms with E-state index in [1.807, 2.05) is 11.8 Å². The third-order valence-corrected chi connectivity index (χ3v) is 7.40. The number of aliphatic hydroxyl groups is 1. The third-order valence-electron chi connectivity index (χ3n) is 7.40. The first-order valence-corrected chi connectivity index (χ1v) is 14.0. The molecule has 2 aromatic carbocycles. The Morgan fingerprint density at radius 2 is 1.81 bits per heavy atom. The number of hydrogen-bond acceptors (Lipinski definition) is 4. The first kappa shape index (κ1) is 28.9. The van der Waals surface area contributed by atoms with Crippen molar-refractivity contribution in [1.82, 2.24) is 15.5 Å². The predicted octanol–water partition coefficient (Wildman–Crippen LogP) is 5.12. The lowest BCUT2D eigenvalue weighted by Crippen LogP contribution is -2.48. The fraction of sp³-hybridized carbons (Fsp3) is 0.548. The van der Waals surface area contributed by atoms with Crippen molar-refractivity contribution >= 4 is 11.8 Å². The minimum Gasteiger partial charge on any atom is -0.390 e. The molecule has 0 radical (unpaired) electrons. The van der Waals surface area contributed by atoms with Gasteiger partial charge in [-0.25, -0.2) is 0 Å². The van der Waals surface area contributed by atoms with Gasteiger partial charge < -0.3 is 20.6 Å². The van der Waals surface area contributed by atoms with E-state index in [4.69, 9.17) is 0 Å². The van der Waals surface area contributed by atoms with Crippen LogP contribution >= 0.6 is 0 Å². The van der Waals surface area contributed by atoms with Crippen molar-refractivity contribution in [3.05, 3.63) is 70.8 Å². The van der Waals surface area contributed by atoms with Crippen LogP contribution in [0.5, 0.6) is 0 Å². The zero-order valence-electron chi connectivity index (χ0n) is 23.0. The average molecular weight is 508 g/mol. The first-order chi connectivity index (χ1) is 17.8. The summed E-state index contributed by atoms with van der Waals surface area (Å²) in [6, 6.07) is 15.1. The van der Waals surface area contributed by atoms with Crippen LogP contribution in [-0.4, -0.2) is 53.6 Å². The number of nitrogens with zero attached hydrogens (tertiary/aromatic N) is 1. The number of carbonyl (C=O) groups is 2. The molecule has 0 aliphatic carbocycles. The fourth-order valence-corrected chi connectivity index (χ4v) is 5.04. The highest BCUT2D eigenvalue weighted by Gasteiger charge is 2.25. The molecule has 1 aliphatic rings. The van der Waals surface area contributed by atoms with Crippen LogP contribution in [0.4, 0.5) is 0 Å². The van der Waals surface area contributed by atoms with Crippen molar-refractivity contribution in [2.45, 2.75) is 84.4 Å². The van der Waals surface area contributed by atoms with E-state index in [-0.39, 0.29) is 17.9 Å². The summed E-state index contributed by atoms with van der Waals surface area (Å²) in [6.45, 7) is 11.0. The maximum absolute atomic E-state index is 13.2. The van der Waals surface area contributed by atoms with Crippen LogP contribution in [0.1, 0.15) is 97.6 Å². The molecule has 2 aromatic rings. The molecular weight excluding hydrogens is 462 g/mol. The summed E-state index contributed by atoms with van der Waals surface area (Å²) in [7, 11) is 0. The van der Waals surface area contributed by atoms with E-state index >= 15 is 0 Å². The van der Waals surface area contributed by atoms with Crippen LogP contribution in [-0.2, 0) is 6.54 Å². The Hall–Kier alpha value is -2.70. The maximum Gasteiger partial charge on any atom is 0.253 e. The van der Waals surface area contributed by atoms with E-state index in [1.165, 1.54) is 11.1 Å². The Kier molecular flexibility index (Phi) is 11.2. The molecule has 0 spiro atoms. The molecule has 6 nitrogen and oxygen atoms in total. The SMILES string of the molecule is CCN1CCCCC[C@@H](C)C[C@@H]([C@H](O)CNCc2cccc(C(C)C)c2)NC(=O)c2cccc(c2)C1=O. The summed E-state index contributed by atoms with van der Waals surface area (Å²) in [5.74, 6) is 0.536. The Balaban J connectivity index is 1.72. The van der Waals surface area contributed by atoms with E-state index in [2.05, 4.69) is 55.7 Å². The average Bonchev–Trinajstić information content (AvgIpc) is 2.89. The molecule has 3 atom stereocenters. The van der Waals surface area contributed by atoms with Gasteiger partial charge in [-0.2, -0.15) is 0 Å². The van der Waals surface area contributed by atoms with Crippen LogP contribution in [0.25, 0.3) is 0 Å². The molecule has 2 amide bonds. The second-order valence-electron chi connectivity index (χ2n) is 10.8. The van der Waals surface area contributed by atoms with E-state index in [9.17, 15) is 14.7 Å². The molecule has 202 valence electrons. The number of carbonyl (C=O) groups excluding carboxylic acids is 2. The molecule has 1 aliphatic heterocycles.